The Morgan fingerprint density at radius 2 is 1.88 bits per heavy atom. The molecule has 0 bridgehead atoms. The third-order valence-electron chi connectivity index (χ3n) is 2.86. The molecule has 1 aromatic rings. The van der Waals surface area contributed by atoms with E-state index in [9.17, 15) is 0 Å². The van der Waals surface area contributed by atoms with Gasteiger partial charge in [-0.05, 0) is 39.3 Å². The first-order valence-electron chi connectivity index (χ1n) is 5.70. The van der Waals surface area contributed by atoms with Crippen molar-refractivity contribution >= 4 is 17.8 Å². The maximum Gasteiger partial charge on any atom is 0.0555 e. The molecular weight excluding hydrogens is 214 g/mol. The Bertz CT molecular complexity index is 403. The number of thioether (sulfide) groups is 1. The Morgan fingerprint density at radius 1 is 1.25 bits per heavy atom. The SMILES string of the molecule is Cc1ccc(C=C2SC(C)NC2(C)C)cc1. The molecule has 86 valence electrons. The van der Waals surface area contributed by atoms with Crippen LogP contribution in [0.1, 0.15) is 31.9 Å². The van der Waals surface area contributed by atoms with Crippen molar-refractivity contribution in [3.63, 3.8) is 0 Å². The number of benzene rings is 1. The van der Waals surface area contributed by atoms with Gasteiger partial charge in [0.2, 0.25) is 0 Å². The molecule has 0 aromatic heterocycles. The first kappa shape index (κ1) is 11.7. The summed E-state index contributed by atoms with van der Waals surface area (Å²) in [7, 11) is 0. The van der Waals surface area contributed by atoms with Crippen molar-refractivity contribution in [3.8, 4) is 0 Å². The number of hydrogen-bond acceptors (Lipinski definition) is 2. The highest BCUT2D eigenvalue weighted by atomic mass is 32.2. The zero-order chi connectivity index (χ0) is 11.8. The number of aryl methyl sites for hydroxylation is 1. The van der Waals surface area contributed by atoms with Crippen molar-refractivity contribution < 1.29 is 0 Å². The zero-order valence-electron chi connectivity index (χ0n) is 10.4. The molecule has 1 saturated heterocycles. The second-order valence-electron chi connectivity index (χ2n) is 4.95. The van der Waals surface area contributed by atoms with E-state index in [0.29, 0.717) is 5.37 Å². The van der Waals surface area contributed by atoms with E-state index in [1.807, 2.05) is 11.8 Å². The van der Waals surface area contributed by atoms with Gasteiger partial charge in [0.15, 0.2) is 0 Å². The monoisotopic (exact) mass is 233 g/mol. The average Bonchev–Trinajstić information content (AvgIpc) is 2.43. The Labute approximate surface area is 102 Å². The minimum absolute atomic E-state index is 0.106. The van der Waals surface area contributed by atoms with Gasteiger partial charge in [-0.25, -0.2) is 0 Å². The maximum absolute atomic E-state index is 3.57. The molecule has 1 aromatic carbocycles. The van der Waals surface area contributed by atoms with E-state index < -0.39 is 0 Å². The molecule has 2 rings (SSSR count). The number of rotatable bonds is 1. The minimum atomic E-state index is 0.106. The van der Waals surface area contributed by atoms with E-state index in [0.717, 1.165) is 0 Å². The van der Waals surface area contributed by atoms with Crippen molar-refractivity contribution in [1.29, 1.82) is 0 Å². The summed E-state index contributed by atoms with van der Waals surface area (Å²) >= 11 is 1.92. The number of nitrogens with one attached hydrogen (secondary N) is 1. The van der Waals surface area contributed by atoms with Gasteiger partial charge < -0.3 is 0 Å². The molecule has 0 aliphatic carbocycles. The van der Waals surface area contributed by atoms with E-state index in [4.69, 9.17) is 0 Å². The van der Waals surface area contributed by atoms with Crippen LogP contribution in [0.15, 0.2) is 29.2 Å². The van der Waals surface area contributed by atoms with Gasteiger partial charge in [0, 0.05) is 10.4 Å². The van der Waals surface area contributed by atoms with Crippen LogP contribution in [0.4, 0.5) is 0 Å². The van der Waals surface area contributed by atoms with Gasteiger partial charge in [-0.1, -0.05) is 29.8 Å². The van der Waals surface area contributed by atoms with Crippen LogP contribution in [0, 0.1) is 6.92 Å². The van der Waals surface area contributed by atoms with Gasteiger partial charge in [0.25, 0.3) is 0 Å². The molecule has 1 atom stereocenters. The van der Waals surface area contributed by atoms with Crippen LogP contribution < -0.4 is 5.32 Å². The van der Waals surface area contributed by atoms with E-state index >= 15 is 0 Å². The quantitative estimate of drug-likeness (QED) is 0.792. The van der Waals surface area contributed by atoms with Crippen molar-refractivity contribution in [2.45, 2.75) is 38.6 Å². The van der Waals surface area contributed by atoms with Gasteiger partial charge in [-0.15, -0.1) is 11.8 Å². The highest BCUT2D eigenvalue weighted by Gasteiger charge is 2.33. The predicted octanol–water partition coefficient (Wildman–Crippen LogP) is 3.80. The smallest absolute Gasteiger partial charge is 0.0555 e. The third-order valence-corrected chi connectivity index (χ3v) is 4.21. The molecule has 2 heteroatoms. The topological polar surface area (TPSA) is 12.0 Å². The lowest BCUT2D eigenvalue weighted by atomic mass is 10.0. The lowest BCUT2D eigenvalue weighted by molar-refractivity contribution is 0.489. The van der Waals surface area contributed by atoms with Gasteiger partial charge in [0.1, 0.15) is 0 Å². The second-order valence-corrected chi connectivity index (χ2v) is 6.33. The summed E-state index contributed by atoms with van der Waals surface area (Å²) in [6.07, 6.45) is 2.29. The van der Waals surface area contributed by atoms with Crippen LogP contribution in [0.3, 0.4) is 0 Å². The second kappa shape index (κ2) is 4.27. The average molecular weight is 233 g/mol. The van der Waals surface area contributed by atoms with Crippen molar-refractivity contribution in [2.75, 3.05) is 0 Å². The summed E-state index contributed by atoms with van der Waals surface area (Å²) in [6, 6.07) is 8.69. The van der Waals surface area contributed by atoms with E-state index in [1.54, 1.807) is 0 Å². The summed E-state index contributed by atoms with van der Waals surface area (Å²) in [6.45, 7) is 8.81. The molecule has 0 saturated carbocycles. The van der Waals surface area contributed by atoms with Gasteiger partial charge >= 0.3 is 0 Å². The fraction of sp³-hybridized carbons (Fsp3) is 0.429. The van der Waals surface area contributed by atoms with Crippen molar-refractivity contribution in [2.24, 2.45) is 0 Å². The molecular formula is C14H19NS. The number of hydrogen-bond donors (Lipinski definition) is 1. The van der Waals surface area contributed by atoms with Crippen molar-refractivity contribution in [3.05, 3.63) is 40.3 Å². The molecule has 1 unspecified atom stereocenters. The molecule has 1 nitrogen and oxygen atoms in total. The molecule has 16 heavy (non-hydrogen) atoms. The molecule has 0 spiro atoms. The molecule has 1 N–H and O–H groups in total. The summed E-state index contributed by atoms with van der Waals surface area (Å²) < 4.78 is 0. The Balaban J connectivity index is 2.27. The molecule has 0 amide bonds. The van der Waals surface area contributed by atoms with Crippen LogP contribution in [-0.4, -0.2) is 10.9 Å². The minimum Gasteiger partial charge on any atom is -0.296 e. The highest BCUT2D eigenvalue weighted by Crippen LogP contribution is 2.39. The zero-order valence-corrected chi connectivity index (χ0v) is 11.2. The molecule has 1 heterocycles. The fourth-order valence-corrected chi connectivity index (χ4v) is 3.27. The Hall–Kier alpha value is -0.730. The van der Waals surface area contributed by atoms with E-state index in [1.165, 1.54) is 16.0 Å². The van der Waals surface area contributed by atoms with Crippen LogP contribution >= 0.6 is 11.8 Å². The lowest BCUT2D eigenvalue weighted by Gasteiger charge is -2.19. The largest absolute Gasteiger partial charge is 0.296 e. The summed E-state index contributed by atoms with van der Waals surface area (Å²) in [4.78, 5) is 1.42. The standard InChI is InChI=1S/C14H19NS/c1-10-5-7-12(8-6-10)9-13-14(3,4)15-11(2)16-13/h5-9,11,15H,1-4H3. The maximum atomic E-state index is 3.57. The first-order valence-corrected chi connectivity index (χ1v) is 6.58. The lowest BCUT2D eigenvalue weighted by Crippen LogP contribution is -2.36. The normalized spacial score (nSPS) is 26.2. The van der Waals surface area contributed by atoms with Gasteiger partial charge in [-0.3, -0.25) is 5.32 Å². The molecule has 0 radical (unpaired) electrons. The van der Waals surface area contributed by atoms with Gasteiger partial charge in [0.05, 0.1) is 5.37 Å². The van der Waals surface area contributed by atoms with Crippen molar-refractivity contribution in [1.82, 2.24) is 5.32 Å². The molecule has 1 aliphatic heterocycles. The third kappa shape index (κ3) is 2.50. The van der Waals surface area contributed by atoms with Crippen LogP contribution in [-0.2, 0) is 0 Å². The van der Waals surface area contributed by atoms with Gasteiger partial charge in [-0.2, -0.15) is 0 Å². The predicted molar refractivity (Wildman–Crippen MR) is 73.4 cm³/mol. The summed E-state index contributed by atoms with van der Waals surface area (Å²) in [5.74, 6) is 0. The Kier molecular flexibility index (Phi) is 3.13. The summed E-state index contributed by atoms with van der Waals surface area (Å²) in [5, 5.41) is 4.08. The summed E-state index contributed by atoms with van der Waals surface area (Å²) in [5.41, 5.74) is 2.71. The van der Waals surface area contributed by atoms with E-state index in [-0.39, 0.29) is 5.54 Å². The molecule has 1 fully saturated rings. The van der Waals surface area contributed by atoms with Crippen LogP contribution in [0.2, 0.25) is 0 Å². The van der Waals surface area contributed by atoms with Crippen LogP contribution in [0.5, 0.6) is 0 Å². The fourth-order valence-electron chi connectivity index (χ4n) is 1.98. The first-order chi connectivity index (χ1) is 7.47. The van der Waals surface area contributed by atoms with E-state index in [2.05, 4.69) is 63.4 Å². The van der Waals surface area contributed by atoms with Crippen LogP contribution in [0.25, 0.3) is 6.08 Å². The Morgan fingerprint density at radius 3 is 2.38 bits per heavy atom. The molecule has 1 aliphatic rings. The highest BCUT2D eigenvalue weighted by molar-refractivity contribution is 8.04.